The number of hydrogen-bond acceptors (Lipinski definition) is 4. The Morgan fingerprint density at radius 2 is 1.78 bits per heavy atom. The molecule has 0 spiro atoms. The van der Waals surface area contributed by atoms with Gasteiger partial charge in [0, 0.05) is 0 Å². The normalized spacial score (nSPS) is 13.4. The maximum Gasteiger partial charge on any atom is 0.326 e. The fourth-order valence-corrected chi connectivity index (χ4v) is 2.21. The summed E-state index contributed by atoms with van der Waals surface area (Å²) in [5, 5.41) is 11.5. The molecule has 1 rings (SSSR count). The minimum atomic E-state index is -1.10. The summed E-state index contributed by atoms with van der Waals surface area (Å²) in [6.45, 7) is 3.73. The van der Waals surface area contributed by atoms with Crippen molar-refractivity contribution in [2.24, 2.45) is 11.7 Å². The summed E-state index contributed by atoms with van der Waals surface area (Å²) in [6.07, 6.45) is 0.252. The Morgan fingerprint density at radius 1 is 1.17 bits per heavy atom. The fourth-order valence-electron chi connectivity index (χ4n) is 2.21. The quantitative estimate of drug-likeness (QED) is 0.591. The number of nitrogens with one attached hydrogen (secondary N) is 1. The molecule has 6 nitrogen and oxygen atoms in total. The topological polar surface area (TPSA) is 109 Å². The maximum atomic E-state index is 12.0. The van der Waals surface area contributed by atoms with Gasteiger partial charge in [-0.1, -0.05) is 44.2 Å². The van der Waals surface area contributed by atoms with Crippen molar-refractivity contribution in [1.82, 2.24) is 5.32 Å². The van der Waals surface area contributed by atoms with Gasteiger partial charge in [-0.2, -0.15) is 0 Å². The van der Waals surface area contributed by atoms with Crippen LogP contribution in [0.5, 0.6) is 0 Å². The van der Waals surface area contributed by atoms with Crippen LogP contribution < -0.4 is 11.1 Å². The zero-order chi connectivity index (χ0) is 17.4. The second-order valence-electron chi connectivity index (χ2n) is 6.03. The monoisotopic (exact) mass is 320 g/mol. The number of nitrogens with two attached hydrogens (primary N) is 1. The van der Waals surface area contributed by atoms with Crippen LogP contribution in [0.1, 0.15) is 32.3 Å². The van der Waals surface area contributed by atoms with Crippen molar-refractivity contribution in [3.63, 3.8) is 0 Å². The Hall–Kier alpha value is -2.21. The number of hydrogen-bond donors (Lipinski definition) is 3. The lowest BCUT2D eigenvalue weighted by atomic mass is 10.0. The summed E-state index contributed by atoms with van der Waals surface area (Å²) in [6, 6.07) is 7.51. The molecule has 4 N–H and O–H groups in total. The molecular formula is C17H24N2O4. The summed E-state index contributed by atoms with van der Waals surface area (Å²) >= 11 is 0. The standard InChI is InChI=1S/C17H24N2O4/c1-11(2)8-14(17(22)23)19-16(21)10-15(20)13(18)9-12-6-4-3-5-7-12/h3-7,11,13-14H,8-10,18H2,1-2H3,(H,19,21)(H,22,23)/t13-,14+/m1/s1. The SMILES string of the molecule is CC(C)C[C@H](NC(=O)CC(=O)[C@H](N)Cc1ccccc1)C(=O)O. The Bertz CT molecular complexity index is 543. The lowest BCUT2D eigenvalue weighted by Crippen LogP contribution is -2.44. The highest BCUT2D eigenvalue weighted by Crippen LogP contribution is 2.07. The van der Waals surface area contributed by atoms with E-state index in [2.05, 4.69) is 5.32 Å². The van der Waals surface area contributed by atoms with Crippen molar-refractivity contribution in [2.75, 3.05) is 0 Å². The van der Waals surface area contributed by atoms with Gasteiger partial charge in [0.1, 0.15) is 6.04 Å². The molecule has 0 aliphatic rings. The van der Waals surface area contributed by atoms with E-state index in [0.29, 0.717) is 12.8 Å². The predicted molar refractivity (Wildman–Crippen MR) is 86.8 cm³/mol. The van der Waals surface area contributed by atoms with Crippen LogP contribution in [-0.2, 0) is 20.8 Å². The third kappa shape index (κ3) is 7.06. The second-order valence-corrected chi connectivity index (χ2v) is 6.03. The van der Waals surface area contributed by atoms with Gasteiger partial charge < -0.3 is 16.2 Å². The minimum Gasteiger partial charge on any atom is -0.480 e. The molecule has 23 heavy (non-hydrogen) atoms. The van der Waals surface area contributed by atoms with Crippen LogP contribution >= 0.6 is 0 Å². The first-order valence-corrected chi connectivity index (χ1v) is 7.64. The van der Waals surface area contributed by atoms with Crippen molar-refractivity contribution in [3.8, 4) is 0 Å². The van der Waals surface area contributed by atoms with E-state index >= 15 is 0 Å². The van der Waals surface area contributed by atoms with E-state index in [1.807, 2.05) is 44.2 Å². The molecule has 0 unspecified atom stereocenters. The molecule has 1 aromatic carbocycles. The number of rotatable bonds is 9. The summed E-state index contributed by atoms with van der Waals surface area (Å²) in [4.78, 5) is 35.0. The molecule has 1 amide bonds. The largest absolute Gasteiger partial charge is 0.480 e. The number of amides is 1. The lowest BCUT2D eigenvalue weighted by molar-refractivity contribution is -0.143. The van der Waals surface area contributed by atoms with Crippen LogP contribution in [0.2, 0.25) is 0 Å². The van der Waals surface area contributed by atoms with Gasteiger partial charge in [0.05, 0.1) is 12.5 Å². The van der Waals surface area contributed by atoms with Crippen LogP contribution in [-0.4, -0.2) is 34.8 Å². The van der Waals surface area contributed by atoms with Crippen LogP contribution in [0.4, 0.5) is 0 Å². The molecule has 0 radical (unpaired) electrons. The molecule has 0 aliphatic heterocycles. The van der Waals surface area contributed by atoms with Crippen molar-refractivity contribution < 1.29 is 19.5 Å². The number of Topliss-reactive ketones (excluding diaryl/α,β-unsaturated/α-hetero) is 1. The summed E-state index contributed by atoms with van der Waals surface area (Å²) in [5.41, 5.74) is 6.74. The molecule has 2 atom stereocenters. The van der Waals surface area contributed by atoms with E-state index in [9.17, 15) is 14.4 Å². The van der Waals surface area contributed by atoms with E-state index in [4.69, 9.17) is 10.8 Å². The highest BCUT2D eigenvalue weighted by atomic mass is 16.4. The Kier molecular flexibility index (Phi) is 7.41. The zero-order valence-corrected chi connectivity index (χ0v) is 13.5. The van der Waals surface area contributed by atoms with Gasteiger partial charge in [0.15, 0.2) is 5.78 Å². The number of carboxylic acid groups (broad SMARTS) is 1. The van der Waals surface area contributed by atoms with Crippen LogP contribution in [0.25, 0.3) is 0 Å². The Labute approximate surface area is 136 Å². The van der Waals surface area contributed by atoms with Gasteiger partial charge >= 0.3 is 5.97 Å². The lowest BCUT2D eigenvalue weighted by Gasteiger charge is -2.17. The third-order valence-electron chi connectivity index (χ3n) is 3.39. The van der Waals surface area contributed by atoms with Crippen molar-refractivity contribution >= 4 is 17.7 Å². The Balaban J connectivity index is 2.51. The van der Waals surface area contributed by atoms with Gasteiger partial charge in [-0.3, -0.25) is 9.59 Å². The molecule has 0 aliphatic carbocycles. The molecule has 0 aromatic heterocycles. The first-order valence-electron chi connectivity index (χ1n) is 7.64. The van der Waals surface area contributed by atoms with Crippen LogP contribution in [0.15, 0.2) is 30.3 Å². The number of aliphatic carboxylic acids is 1. The van der Waals surface area contributed by atoms with Crippen LogP contribution in [0, 0.1) is 5.92 Å². The van der Waals surface area contributed by atoms with Gasteiger partial charge in [0.2, 0.25) is 5.91 Å². The van der Waals surface area contributed by atoms with Gasteiger partial charge in [-0.25, -0.2) is 4.79 Å². The highest BCUT2D eigenvalue weighted by Gasteiger charge is 2.24. The molecule has 0 bridgehead atoms. The summed E-state index contributed by atoms with van der Waals surface area (Å²) in [7, 11) is 0. The van der Waals surface area contributed by atoms with Gasteiger partial charge in [0.25, 0.3) is 0 Å². The number of carbonyl (C=O) groups excluding carboxylic acids is 2. The van der Waals surface area contributed by atoms with E-state index in [-0.39, 0.29) is 5.92 Å². The van der Waals surface area contributed by atoms with Crippen molar-refractivity contribution in [3.05, 3.63) is 35.9 Å². The van der Waals surface area contributed by atoms with E-state index in [0.717, 1.165) is 5.56 Å². The van der Waals surface area contributed by atoms with Crippen LogP contribution in [0.3, 0.4) is 0 Å². The molecular weight excluding hydrogens is 296 g/mol. The molecule has 0 fully saturated rings. The minimum absolute atomic E-state index is 0.118. The maximum absolute atomic E-state index is 12.0. The zero-order valence-electron chi connectivity index (χ0n) is 13.5. The highest BCUT2D eigenvalue weighted by molar-refractivity contribution is 6.01. The first-order chi connectivity index (χ1) is 10.8. The molecule has 6 heteroatoms. The smallest absolute Gasteiger partial charge is 0.326 e. The Morgan fingerprint density at radius 3 is 2.30 bits per heavy atom. The summed E-state index contributed by atoms with van der Waals surface area (Å²) < 4.78 is 0. The fraction of sp³-hybridized carbons (Fsp3) is 0.471. The second kappa shape index (κ2) is 9.05. The molecule has 0 saturated heterocycles. The average Bonchev–Trinajstić information content (AvgIpc) is 2.46. The number of benzene rings is 1. The first kappa shape index (κ1) is 18.8. The third-order valence-corrected chi connectivity index (χ3v) is 3.39. The van der Waals surface area contributed by atoms with E-state index in [1.54, 1.807) is 0 Å². The van der Waals surface area contributed by atoms with Crippen molar-refractivity contribution in [2.45, 2.75) is 45.2 Å². The molecule has 0 saturated carbocycles. The number of ketones is 1. The van der Waals surface area contributed by atoms with Crippen molar-refractivity contribution in [1.29, 1.82) is 0 Å². The van der Waals surface area contributed by atoms with E-state index < -0.39 is 36.2 Å². The van der Waals surface area contributed by atoms with E-state index in [1.165, 1.54) is 0 Å². The van der Waals surface area contributed by atoms with Gasteiger partial charge in [-0.15, -0.1) is 0 Å². The molecule has 126 valence electrons. The predicted octanol–water partition coefficient (Wildman–Crippen LogP) is 1.13. The molecule has 1 aromatic rings. The summed E-state index contributed by atoms with van der Waals surface area (Å²) in [5.74, 6) is -1.99. The number of carboxylic acids is 1. The number of carbonyl (C=O) groups is 3. The molecule has 0 heterocycles. The average molecular weight is 320 g/mol. The van der Waals surface area contributed by atoms with Gasteiger partial charge in [-0.05, 0) is 24.3 Å².